The Labute approximate surface area is 162 Å². The molecule has 1 fully saturated rings. The number of rotatable bonds is 9. The summed E-state index contributed by atoms with van der Waals surface area (Å²) in [6.45, 7) is 11.9. The fourth-order valence-corrected chi connectivity index (χ4v) is 2.93. The number of β-amino-alcohol motifs (C(OH)–C–C–N with tert-alkyl or cyclic N) is 1. The molecule has 0 aliphatic carbocycles. The maximum atomic E-state index is 10.7. The highest BCUT2D eigenvalue weighted by Crippen LogP contribution is 2.12. The van der Waals surface area contributed by atoms with Gasteiger partial charge in [-0.15, -0.1) is 0 Å². The van der Waals surface area contributed by atoms with Crippen LogP contribution in [0.3, 0.4) is 0 Å². The molecule has 0 saturated carbocycles. The number of nitrogens with one attached hydrogen (secondary N) is 2. The number of aliphatic hydroxyl groups is 1. The molecule has 0 aromatic heterocycles. The van der Waals surface area contributed by atoms with Crippen LogP contribution >= 0.6 is 0 Å². The average molecular weight is 379 g/mol. The highest BCUT2D eigenvalue weighted by molar-refractivity contribution is 5.79. The van der Waals surface area contributed by atoms with Gasteiger partial charge in [-0.25, -0.2) is 0 Å². The average Bonchev–Trinajstić information content (AvgIpc) is 2.64. The summed E-state index contributed by atoms with van der Waals surface area (Å²) in [6.07, 6.45) is 0. The maximum Gasteiger partial charge on any atom is 0.191 e. The number of benzene rings is 1. The van der Waals surface area contributed by atoms with Crippen molar-refractivity contribution in [3.05, 3.63) is 29.8 Å². The largest absolute Gasteiger partial charge is 0.492 e. The fraction of sp³-hybridized carbons (Fsp3) is 0.650. The van der Waals surface area contributed by atoms with Gasteiger partial charge in [0.25, 0.3) is 0 Å². The van der Waals surface area contributed by atoms with Gasteiger partial charge in [0.05, 0.1) is 31.9 Å². The van der Waals surface area contributed by atoms with Crippen molar-refractivity contribution in [1.29, 1.82) is 0 Å². The van der Waals surface area contributed by atoms with Gasteiger partial charge in [0, 0.05) is 26.2 Å². The Hall–Kier alpha value is -1.83. The zero-order chi connectivity index (χ0) is 19.5. The van der Waals surface area contributed by atoms with E-state index in [0.29, 0.717) is 32.2 Å². The van der Waals surface area contributed by atoms with E-state index < -0.39 is 5.60 Å². The van der Waals surface area contributed by atoms with E-state index in [2.05, 4.69) is 20.5 Å². The van der Waals surface area contributed by atoms with E-state index in [1.54, 1.807) is 0 Å². The van der Waals surface area contributed by atoms with Gasteiger partial charge in [0.1, 0.15) is 12.4 Å². The smallest absolute Gasteiger partial charge is 0.191 e. The van der Waals surface area contributed by atoms with E-state index in [-0.39, 0.29) is 0 Å². The summed E-state index contributed by atoms with van der Waals surface area (Å²) in [5, 5.41) is 17.1. The van der Waals surface area contributed by atoms with Crippen molar-refractivity contribution in [3.8, 4) is 5.75 Å². The molecule has 2 rings (SSSR count). The zero-order valence-electron chi connectivity index (χ0n) is 16.8. The third-order valence-corrected chi connectivity index (χ3v) is 4.24. The van der Waals surface area contributed by atoms with Crippen molar-refractivity contribution >= 4 is 5.96 Å². The molecule has 1 aromatic rings. The molecule has 7 heteroatoms. The van der Waals surface area contributed by atoms with Crippen molar-refractivity contribution < 1.29 is 14.6 Å². The van der Waals surface area contributed by atoms with Crippen molar-refractivity contribution in [3.63, 3.8) is 0 Å². The van der Waals surface area contributed by atoms with Crippen LogP contribution in [0.15, 0.2) is 29.3 Å². The Morgan fingerprint density at radius 3 is 2.81 bits per heavy atom. The molecule has 152 valence electrons. The van der Waals surface area contributed by atoms with Gasteiger partial charge < -0.3 is 25.2 Å². The Bertz CT molecular complexity index is 586. The van der Waals surface area contributed by atoms with Gasteiger partial charge in [0.15, 0.2) is 5.96 Å². The lowest BCUT2D eigenvalue weighted by atomic mass is 10.1. The van der Waals surface area contributed by atoms with Crippen LogP contribution in [-0.2, 0) is 4.74 Å². The molecular formula is C20H34N4O3. The summed E-state index contributed by atoms with van der Waals surface area (Å²) in [4.78, 5) is 6.76. The summed E-state index contributed by atoms with van der Waals surface area (Å²) >= 11 is 0. The summed E-state index contributed by atoms with van der Waals surface area (Å²) in [7, 11) is 0. The molecule has 0 bridgehead atoms. The maximum absolute atomic E-state index is 10.7. The van der Waals surface area contributed by atoms with Crippen LogP contribution in [0.4, 0.5) is 0 Å². The molecule has 0 spiro atoms. The lowest BCUT2D eigenvalue weighted by molar-refractivity contribution is -0.0179. The van der Waals surface area contributed by atoms with Crippen molar-refractivity contribution in [2.24, 2.45) is 4.99 Å². The van der Waals surface area contributed by atoms with Crippen LogP contribution in [0.5, 0.6) is 5.75 Å². The lowest BCUT2D eigenvalue weighted by Gasteiger charge is -2.33. The molecule has 0 radical (unpaired) electrons. The SMILES string of the molecule is CCNC(=NCC(C)(O)CN1CCOCC1)NCCOc1cccc(C)c1. The Morgan fingerprint density at radius 1 is 1.33 bits per heavy atom. The number of guanidine groups is 1. The predicted octanol–water partition coefficient (Wildman–Crippen LogP) is 1.01. The zero-order valence-corrected chi connectivity index (χ0v) is 16.8. The number of hydrogen-bond donors (Lipinski definition) is 3. The predicted molar refractivity (Wildman–Crippen MR) is 109 cm³/mol. The minimum Gasteiger partial charge on any atom is -0.492 e. The van der Waals surface area contributed by atoms with E-state index >= 15 is 0 Å². The molecule has 1 aliphatic heterocycles. The third kappa shape index (κ3) is 8.60. The van der Waals surface area contributed by atoms with Crippen molar-refractivity contribution in [1.82, 2.24) is 15.5 Å². The molecule has 3 N–H and O–H groups in total. The highest BCUT2D eigenvalue weighted by Gasteiger charge is 2.25. The van der Waals surface area contributed by atoms with Crippen LogP contribution in [-0.4, -0.2) is 80.7 Å². The van der Waals surface area contributed by atoms with Gasteiger partial charge >= 0.3 is 0 Å². The second kappa shape index (κ2) is 11.1. The molecule has 1 aliphatic rings. The van der Waals surface area contributed by atoms with Crippen LogP contribution < -0.4 is 15.4 Å². The van der Waals surface area contributed by atoms with Crippen LogP contribution in [0, 0.1) is 6.92 Å². The molecular weight excluding hydrogens is 344 g/mol. The first-order chi connectivity index (χ1) is 13.0. The normalized spacial score (nSPS) is 18.0. The second-order valence-corrected chi connectivity index (χ2v) is 7.17. The quantitative estimate of drug-likeness (QED) is 0.338. The molecule has 1 atom stereocenters. The molecule has 7 nitrogen and oxygen atoms in total. The molecule has 0 amide bonds. The number of hydrogen-bond acceptors (Lipinski definition) is 5. The van der Waals surface area contributed by atoms with Gasteiger partial charge in [0.2, 0.25) is 0 Å². The number of nitrogens with zero attached hydrogens (tertiary/aromatic N) is 2. The first-order valence-electron chi connectivity index (χ1n) is 9.72. The van der Waals surface area contributed by atoms with Gasteiger partial charge in [-0.05, 0) is 38.5 Å². The van der Waals surface area contributed by atoms with E-state index in [1.807, 2.05) is 45.0 Å². The first kappa shape index (κ1) is 21.5. The standard InChI is InChI=1S/C20H34N4O3/c1-4-21-19(22-8-11-27-18-7-5-6-17(2)14-18)23-15-20(3,25)16-24-9-12-26-13-10-24/h5-7,14,25H,4,8-13,15-16H2,1-3H3,(H2,21,22,23). The number of aliphatic imine (C=N–C) groups is 1. The monoisotopic (exact) mass is 378 g/mol. The van der Waals surface area contributed by atoms with Gasteiger partial charge in [-0.1, -0.05) is 12.1 Å². The molecule has 1 aromatic carbocycles. The Morgan fingerprint density at radius 2 is 2.11 bits per heavy atom. The summed E-state index contributed by atoms with van der Waals surface area (Å²) in [5.41, 5.74) is 0.301. The van der Waals surface area contributed by atoms with Crippen LogP contribution in [0.1, 0.15) is 19.4 Å². The summed E-state index contributed by atoms with van der Waals surface area (Å²) in [5.74, 6) is 1.56. The molecule has 27 heavy (non-hydrogen) atoms. The Kier molecular flexibility index (Phi) is 8.84. The van der Waals surface area contributed by atoms with Crippen molar-refractivity contribution in [2.45, 2.75) is 26.4 Å². The first-order valence-corrected chi connectivity index (χ1v) is 9.72. The minimum atomic E-state index is -0.877. The van der Waals surface area contributed by atoms with E-state index in [9.17, 15) is 5.11 Å². The minimum absolute atomic E-state index is 0.332. The summed E-state index contributed by atoms with van der Waals surface area (Å²) < 4.78 is 11.1. The van der Waals surface area contributed by atoms with Gasteiger partial charge in [-0.3, -0.25) is 9.89 Å². The fourth-order valence-electron chi connectivity index (χ4n) is 2.93. The lowest BCUT2D eigenvalue weighted by Crippen LogP contribution is -2.48. The number of ether oxygens (including phenoxy) is 2. The highest BCUT2D eigenvalue weighted by atomic mass is 16.5. The Balaban J connectivity index is 1.76. The third-order valence-electron chi connectivity index (χ3n) is 4.24. The van der Waals surface area contributed by atoms with Gasteiger partial charge in [-0.2, -0.15) is 0 Å². The topological polar surface area (TPSA) is 78.4 Å². The van der Waals surface area contributed by atoms with E-state index in [4.69, 9.17) is 9.47 Å². The van der Waals surface area contributed by atoms with E-state index in [0.717, 1.165) is 38.6 Å². The second-order valence-electron chi connectivity index (χ2n) is 7.17. The number of morpholine rings is 1. The van der Waals surface area contributed by atoms with Crippen LogP contribution in [0.25, 0.3) is 0 Å². The summed E-state index contributed by atoms with van der Waals surface area (Å²) in [6, 6.07) is 8.00. The number of aryl methyl sites for hydroxylation is 1. The van der Waals surface area contributed by atoms with E-state index in [1.165, 1.54) is 5.56 Å². The van der Waals surface area contributed by atoms with Crippen molar-refractivity contribution in [2.75, 3.05) is 59.1 Å². The van der Waals surface area contributed by atoms with Crippen LogP contribution in [0.2, 0.25) is 0 Å². The molecule has 1 saturated heterocycles. The molecule has 1 unspecified atom stereocenters. The molecule has 1 heterocycles.